The SMILES string of the molecule is NC(=S)N1N=C2/C(=C\c3ccccc3)CCCC2C1c1ccccc1. The highest BCUT2D eigenvalue weighted by atomic mass is 32.1. The summed E-state index contributed by atoms with van der Waals surface area (Å²) >= 11 is 5.30. The van der Waals surface area contributed by atoms with Crippen molar-refractivity contribution in [3.05, 3.63) is 77.4 Å². The van der Waals surface area contributed by atoms with Gasteiger partial charge in [-0.2, -0.15) is 5.10 Å². The lowest BCUT2D eigenvalue weighted by Gasteiger charge is -2.29. The third-order valence-corrected chi connectivity index (χ3v) is 5.20. The summed E-state index contributed by atoms with van der Waals surface area (Å²) < 4.78 is 0. The molecule has 2 aliphatic rings. The van der Waals surface area contributed by atoms with Gasteiger partial charge >= 0.3 is 0 Å². The molecule has 2 unspecified atom stereocenters. The molecule has 0 bridgehead atoms. The van der Waals surface area contributed by atoms with E-state index in [1.165, 1.54) is 16.7 Å². The predicted molar refractivity (Wildman–Crippen MR) is 107 cm³/mol. The molecule has 3 nitrogen and oxygen atoms in total. The zero-order chi connectivity index (χ0) is 17.2. The molecule has 0 aromatic heterocycles. The third-order valence-electron chi connectivity index (χ3n) is 5.01. The second kappa shape index (κ2) is 6.81. The molecule has 1 aliphatic heterocycles. The van der Waals surface area contributed by atoms with Crippen LogP contribution in [-0.2, 0) is 0 Å². The number of allylic oxidation sites excluding steroid dienone is 1. The number of hydrogen-bond donors (Lipinski definition) is 1. The van der Waals surface area contributed by atoms with E-state index in [4.69, 9.17) is 23.1 Å². The van der Waals surface area contributed by atoms with Gasteiger partial charge in [-0.05, 0) is 54.3 Å². The van der Waals surface area contributed by atoms with Crippen molar-refractivity contribution in [1.29, 1.82) is 0 Å². The highest BCUT2D eigenvalue weighted by molar-refractivity contribution is 7.80. The molecule has 2 aromatic rings. The summed E-state index contributed by atoms with van der Waals surface area (Å²) in [6, 6.07) is 21.0. The Bertz CT molecular complexity index is 827. The van der Waals surface area contributed by atoms with Crippen LogP contribution in [0.3, 0.4) is 0 Å². The molecule has 1 saturated carbocycles. The number of benzene rings is 2. The van der Waals surface area contributed by atoms with Crippen molar-refractivity contribution < 1.29 is 0 Å². The van der Waals surface area contributed by atoms with E-state index in [1.807, 2.05) is 17.1 Å². The first-order chi connectivity index (χ1) is 12.2. The normalized spacial score (nSPS) is 24.1. The summed E-state index contributed by atoms with van der Waals surface area (Å²) in [7, 11) is 0. The topological polar surface area (TPSA) is 41.6 Å². The molecule has 1 aliphatic carbocycles. The number of nitrogens with zero attached hydrogens (tertiary/aromatic N) is 2. The smallest absolute Gasteiger partial charge is 0.187 e. The number of hydrazone groups is 1. The summed E-state index contributed by atoms with van der Waals surface area (Å²) in [6.07, 6.45) is 5.59. The van der Waals surface area contributed by atoms with Crippen molar-refractivity contribution in [3.8, 4) is 0 Å². The molecular formula is C21H21N3S. The summed E-state index contributed by atoms with van der Waals surface area (Å²) in [5, 5.41) is 7.04. The molecule has 25 heavy (non-hydrogen) atoms. The molecule has 126 valence electrons. The maximum absolute atomic E-state index is 6.01. The Morgan fingerprint density at radius 3 is 2.44 bits per heavy atom. The van der Waals surface area contributed by atoms with Gasteiger partial charge in [0.25, 0.3) is 0 Å². The van der Waals surface area contributed by atoms with Gasteiger partial charge in [-0.25, -0.2) is 5.01 Å². The lowest BCUT2D eigenvalue weighted by atomic mass is 9.77. The third kappa shape index (κ3) is 3.10. The van der Waals surface area contributed by atoms with E-state index in [-0.39, 0.29) is 6.04 Å². The van der Waals surface area contributed by atoms with Crippen LogP contribution in [0.25, 0.3) is 6.08 Å². The Balaban J connectivity index is 1.74. The number of rotatable bonds is 2. The van der Waals surface area contributed by atoms with Gasteiger partial charge in [0.15, 0.2) is 5.11 Å². The molecule has 2 atom stereocenters. The van der Waals surface area contributed by atoms with Gasteiger partial charge in [0.1, 0.15) is 0 Å². The Morgan fingerprint density at radius 1 is 1.08 bits per heavy atom. The fourth-order valence-corrected chi connectivity index (χ4v) is 4.07. The van der Waals surface area contributed by atoms with Crippen LogP contribution in [-0.4, -0.2) is 15.8 Å². The van der Waals surface area contributed by atoms with Crippen LogP contribution in [0.5, 0.6) is 0 Å². The molecular weight excluding hydrogens is 326 g/mol. The van der Waals surface area contributed by atoms with E-state index in [0.29, 0.717) is 11.0 Å². The standard InChI is InChI=1S/C21H21N3S/c22-21(25)24-20(16-10-5-2-6-11-16)18-13-7-12-17(19(18)23-24)14-15-8-3-1-4-9-15/h1-6,8-11,14,18,20H,7,12-13H2,(H2,22,25)/b17-14-. The van der Waals surface area contributed by atoms with Crippen molar-refractivity contribution in [2.45, 2.75) is 25.3 Å². The second-order valence-electron chi connectivity index (χ2n) is 6.60. The zero-order valence-corrected chi connectivity index (χ0v) is 14.8. The Kier molecular flexibility index (Phi) is 4.36. The fourth-order valence-electron chi connectivity index (χ4n) is 3.92. The van der Waals surface area contributed by atoms with E-state index in [2.05, 4.69) is 54.6 Å². The lowest BCUT2D eigenvalue weighted by molar-refractivity contribution is 0.305. The van der Waals surface area contributed by atoms with Crippen molar-refractivity contribution in [2.75, 3.05) is 0 Å². The number of hydrogen-bond acceptors (Lipinski definition) is 2. The maximum atomic E-state index is 6.01. The van der Waals surface area contributed by atoms with E-state index < -0.39 is 0 Å². The largest absolute Gasteiger partial charge is 0.375 e. The number of thiocarbonyl (C=S) groups is 1. The number of nitrogens with two attached hydrogens (primary N) is 1. The minimum Gasteiger partial charge on any atom is -0.375 e. The van der Waals surface area contributed by atoms with E-state index in [1.54, 1.807) is 0 Å². The summed E-state index contributed by atoms with van der Waals surface area (Å²) in [5.41, 5.74) is 10.9. The van der Waals surface area contributed by atoms with Crippen molar-refractivity contribution in [1.82, 2.24) is 5.01 Å². The van der Waals surface area contributed by atoms with Crippen LogP contribution in [0.4, 0.5) is 0 Å². The average Bonchev–Trinajstić information content (AvgIpc) is 3.04. The average molecular weight is 347 g/mol. The van der Waals surface area contributed by atoms with Crippen LogP contribution in [0.15, 0.2) is 71.3 Å². The Labute approximate surface area is 153 Å². The van der Waals surface area contributed by atoms with Crippen molar-refractivity contribution >= 4 is 29.1 Å². The van der Waals surface area contributed by atoms with E-state index in [9.17, 15) is 0 Å². The van der Waals surface area contributed by atoms with Gasteiger partial charge in [-0.15, -0.1) is 0 Å². The van der Waals surface area contributed by atoms with Crippen LogP contribution >= 0.6 is 12.2 Å². The first kappa shape index (κ1) is 16.0. The van der Waals surface area contributed by atoms with Crippen LogP contribution in [0.2, 0.25) is 0 Å². The first-order valence-electron chi connectivity index (χ1n) is 8.72. The molecule has 2 N–H and O–H groups in total. The Morgan fingerprint density at radius 2 is 1.76 bits per heavy atom. The molecule has 0 radical (unpaired) electrons. The molecule has 4 heteroatoms. The molecule has 4 rings (SSSR count). The molecule has 0 spiro atoms. The van der Waals surface area contributed by atoms with Crippen LogP contribution in [0.1, 0.15) is 36.4 Å². The molecule has 1 heterocycles. The second-order valence-corrected chi connectivity index (χ2v) is 7.02. The first-order valence-corrected chi connectivity index (χ1v) is 9.13. The van der Waals surface area contributed by atoms with Crippen LogP contribution in [0, 0.1) is 5.92 Å². The molecule has 0 saturated heterocycles. The van der Waals surface area contributed by atoms with Gasteiger partial charge in [0, 0.05) is 5.92 Å². The van der Waals surface area contributed by atoms with Gasteiger partial charge < -0.3 is 5.73 Å². The van der Waals surface area contributed by atoms with Crippen LogP contribution < -0.4 is 5.73 Å². The van der Waals surface area contributed by atoms with E-state index >= 15 is 0 Å². The summed E-state index contributed by atoms with van der Waals surface area (Å²) in [5.74, 6) is 0.340. The highest BCUT2D eigenvalue weighted by Crippen LogP contribution is 2.44. The van der Waals surface area contributed by atoms with Gasteiger partial charge in [0.2, 0.25) is 0 Å². The minimum absolute atomic E-state index is 0.105. The summed E-state index contributed by atoms with van der Waals surface area (Å²) in [4.78, 5) is 0. The van der Waals surface area contributed by atoms with E-state index in [0.717, 1.165) is 25.0 Å². The molecule has 2 aromatic carbocycles. The molecule has 0 amide bonds. The zero-order valence-electron chi connectivity index (χ0n) is 14.0. The van der Waals surface area contributed by atoms with Crippen molar-refractivity contribution in [2.24, 2.45) is 16.8 Å². The lowest BCUT2D eigenvalue weighted by Crippen LogP contribution is -2.34. The molecule has 1 fully saturated rings. The van der Waals surface area contributed by atoms with Gasteiger partial charge in [0.05, 0.1) is 11.8 Å². The highest BCUT2D eigenvalue weighted by Gasteiger charge is 2.42. The van der Waals surface area contributed by atoms with Crippen molar-refractivity contribution in [3.63, 3.8) is 0 Å². The quantitative estimate of drug-likeness (QED) is 0.812. The monoisotopic (exact) mass is 347 g/mol. The fraction of sp³-hybridized carbons (Fsp3) is 0.238. The van der Waals surface area contributed by atoms with Gasteiger partial charge in [-0.1, -0.05) is 60.7 Å². The number of fused-ring (bicyclic) bond motifs is 1. The maximum Gasteiger partial charge on any atom is 0.187 e. The predicted octanol–water partition coefficient (Wildman–Crippen LogP) is 4.53. The van der Waals surface area contributed by atoms with Gasteiger partial charge in [-0.3, -0.25) is 0 Å². The minimum atomic E-state index is 0.105. The summed E-state index contributed by atoms with van der Waals surface area (Å²) in [6.45, 7) is 0. The Hall–Kier alpha value is -2.46.